The van der Waals surface area contributed by atoms with Crippen LogP contribution in [0.25, 0.3) is 11.0 Å². The van der Waals surface area contributed by atoms with Crippen LogP contribution in [0.1, 0.15) is 32.6 Å². The van der Waals surface area contributed by atoms with Gasteiger partial charge in [0.25, 0.3) is 0 Å². The van der Waals surface area contributed by atoms with Gasteiger partial charge in [0.2, 0.25) is 5.91 Å². The Bertz CT molecular complexity index is 733. The quantitative estimate of drug-likeness (QED) is 0.676. The Morgan fingerprint density at radius 2 is 2.14 bits per heavy atom. The second kappa shape index (κ2) is 5.04. The van der Waals surface area contributed by atoms with Crippen molar-refractivity contribution in [1.29, 1.82) is 0 Å². The summed E-state index contributed by atoms with van der Waals surface area (Å²) in [5.74, 6) is 0.323. The van der Waals surface area contributed by atoms with E-state index in [9.17, 15) is 9.59 Å². The molecule has 1 aliphatic carbocycles. The van der Waals surface area contributed by atoms with E-state index < -0.39 is 5.54 Å². The van der Waals surface area contributed by atoms with Gasteiger partial charge < -0.3 is 21.0 Å². The zero-order valence-electron chi connectivity index (χ0n) is 12.0. The third-order valence-electron chi connectivity index (χ3n) is 4.26. The maximum Gasteiger partial charge on any atom is 0.323 e. The second-order valence-corrected chi connectivity index (χ2v) is 6.15. The number of H-pyrrole nitrogens is 2. The molecule has 6 nitrogen and oxygen atoms in total. The molecule has 0 bridgehead atoms. The minimum absolute atomic E-state index is 0.147. The maximum atomic E-state index is 12.5. The summed E-state index contributed by atoms with van der Waals surface area (Å²) in [7, 11) is 0. The van der Waals surface area contributed by atoms with Crippen LogP contribution in [0.15, 0.2) is 23.0 Å². The Hall–Kier alpha value is -2.08. The number of fused-ring (bicyclic) bond motifs is 1. The first-order chi connectivity index (χ1) is 9.96. The molecule has 21 heavy (non-hydrogen) atoms. The molecule has 2 atom stereocenters. The van der Waals surface area contributed by atoms with Crippen molar-refractivity contribution >= 4 is 22.6 Å². The number of hydrogen-bond donors (Lipinski definition) is 4. The monoisotopic (exact) mass is 288 g/mol. The van der Waals surface area contributed by atoms with E-state index in [4.69, 9.17) is 5.73 Å². The molecule has 112 valence electrons. The van der Waals surface area contributed by atoms with Gasteiger partial charge in [0.1, 0.15) is 0 Å². The van der Waals surface area contributed by atoms with Gasteiger partial charge in [-0.1, -0.05) is 19.8 Å². The number of aromatic amines is 2. The predicted octanol–water partition coefficient (Wildman–Crippen LogP) is 1.70. The first kappa shape index (κ1) is 13.9. The fourth-order valence-corrected chi connectivity index (χ4v) is 3.16. The van der Waals surface area contributed by atoms with Gasteiger partial charge in [-0.15, -0.1) is 0 Å². The Balaban J connectivity index is 1.80. The molecule has 1 aromatic heterocycles. The molecule has 1 aliphatic rings. The number of benzene rings is 1. The molecule has 3 rings (SSSR count). The van der Waals surface area contributed by atoms with Crippen LogP contribution in [0.5, 0.6) is 0 Å². The van der Waals surface area contributed by atoms with Gasteiger partial charge in [-0.3, -0.25) is 4.79 Å². The van der Waals surface area contributed by atoms with Crippen molar-refractivity contribution in [2.45, 2.75) is 38.1 Å². The predicted molar refractivity (Wildman–Crippen MR) is 82.1 cm³/mol. The van der Waals surface area contributed by atoms with E-state index in [2.05, 4.69) is 22.2 Å². The highest BCUT2D eigenvalue weighted by Crippen LogP contribution is 2.31. The van der Waals surface area contributed by atoms with E-state index in [0.29, 0.717) is 35.5 Å². The molecule has 0 aliphatic heterocycles. The van der Waals surface area contributed by atoms with Gasteiger partial charge in [0.05, 0.1) is 16.6 Å². The number of carbonyl (C=O) groups excluding carboxylic acids is 1. The zero-order valence-corrected chi connectivity index (χ0v) is 12.0. The lowest BCUT2D eigenvalue weighted by molar-refractivity contribution is -0.122. The summed E-state index contributed by atoms with van der Waals surface area (Å²) >= 11 is 0. The number of hydrogen-bond acceptors (Lipinski definition) is 3. The summed E-state index contributed by atoms with van der Waals surface area (Å²) in [6.07, 6.45) is 3.53. The topological polar surface area (TPSA) is 104 Å². The second-order valence-electron chi connectivity index (χ2n) is 6.15. The van der Waals surface area contributed by atoms with Crippen molar-refractivity contribution in [3.63, 3.8) is 0 Å². The molecular weight excluding hydrogens is 268 g/mol. The number of rotatable bonds is 2. The molecule has 2 unspecified atom stereocenters. The van der Waals surface area contributed by atoms with Crippen LogP contribution >= 0.6 is 0 Å². The van der Waals surface area contributed by atoms with Crippen molar-refractivity contribution in [3.05, 3.63) is 28.7 Å². The molecule has 1 heterocycles. The molecule has 0 saturated heterocycles. The van der Waals surface area contributed by atoms with Crippen molar-refractivity contribution < 1.29 is 4.79 Å². The molecule has 2 aromatic rings. The van der Waals surface area contributed by atoms with Gasteiger partial charge in [-0.2, -0.15) is 0 Å². The molecule has 1 saturated carbocycles. The van der Waals surface area contributed by atoms with Crippen molar-refractivity contribution in [2.75, 3.05) is 5.32 Å². The first-order valence-corrected chi connectivity index (χ1v) is 7.29. The van der Waals surface area contributed by atoms with Gasteiger partial charge in [-0.05, 0) is 37.0 Å². The Morgan fingerprint density at radius 3 is 2.90 bits per heavy atom. The van der Waals surface area contributed by atoms with E-state index >= 15 is 0 Å². The fraction of sp³-hybridized carbons (Fsp3) is 0.467. The van der Waals surface area contributed by atoms with E-state index in [-0.39, 0.29) is 11.6 Å². The van der Waals surface area contributed by atoms with Crippen LogP contribution in [0.4, 0.5) is 5.69 Å². The number of amides is 1. The first-order valence-electron chi connectivity index (χ1n) is 7.29. The molecule has 1 aromatic carbocycles. The molecular formula is C15H20N4O2. The van der Waals surface area contributed by atoms with Crippen molar-refractivity contribution in [2.24, 2.45) is 11.7 Å². The van der Waals surface area contributed by atoms with Crippen LogP contribution in [0.2, 0.25) is 0 Å². The minimum atomic E-state index is -0.793. The number of nitrogens with two attached hydrogens (primary N) is 1. The normalized spacial score (nSPS) is 25.9. The van der Waals surface area contributed by atoms with Crippen LogP contribution in [-0.4, -0.2) is 21.4 Å². The minimum Gasteiger partial charge on any atom is -0.324 e. The highest BCUT2D eigenvalue weighted by Gasteiger charge is 2.37. The number of aromatic nitrogens is 2. The Kier molecular flexibility index (Phi) is 3.33. The molecule has 5 N–H and O–H groups in total. The summed E-state index contributed by atoms with van der Waals surface area (Å²) in [5, 5.41) is 2.87. The lowest BCUT2D eigenvalue weighted by Gasteiger charge is -2.35. The van der Waals surface area contributed by atoms with E-state index in [1.54, 1.807) is 18.2 Å². The van der Waals surface area contributed by atoms with Crippen LogP contribution in [0, 0.1) is 5.92 Å². The highest BCUT2D eigenvalue weighted by molar-refractivity contribution is 5.99. The summed E-state index contributed by atoms with van der Waals surface area (Å²) in [5.41, 5.74) is 7.26. The lowest BCUT2D eigenvalue weighted by Crippen LogP contribution is -2.53. The Labute approximate surface area is 122 Å². The number of nitrogens with one attached hydrogen (secondary N) is 3. The molecule has 1 fully saturated rings. The molecule has 0 spiro atoms. The lowest BCUT2D eigenvalue weighted by atomic mass is 9.76. The van der Waals surface area contributed by atoms with Crippen LogP contribution in [0.3, 0.4) is 0 Å². The van der Waals surface area contributed by atoms with E-state index in [0.717, 1.165) is 12.8 Å². The largest absolute Gasteiger partial charge is 0.324 e. The summed E-state index contributed by atoms with van der Waals surface area (Å²) in [4.78, 5) is 29.0. The molecule has 1 amide bonds. The van der Waals surface area contributed by atoms with Gasteiger partial charge in [-0.25, -0.2) is 4.79 Å². The zero-order chi connectivity index (χ0) is 15.0. The van der Waals surface area contributed by atoms with E-state index in [1.165, 1.54) is 0 Å². The van der Waals surface area contributed by atoms with Crippen molar-refractivity contribution in [1.82, 2.24) is 9.97 Å². The number of carbonyl (C=O) groups is 1. The SMILES string of the molecule is CC1CCCC(N)(C(=O)Nc2ccc3[nH]c(=O)[nH]c3c2)C1. The molecule has 6 heteroatoms. The average Bonchev–Trinajstić information content (AvgIpc) is 2.77. The summed E-state index contributed by atoms with van der Waals surface area (Å²) in [6.45, 7) is 2.13. The third-order valence-corrected chi connectivity index (χ3v) is 4.26. The Morgan fingerprint density at radius 1 is 1.38 bits per heavy atom. The third kappa shape index (κ3) is 2.71. The highest BCUT2D eigenvalue weighted by atomic mass is 16.2. The number of imidazole rings is 1. The van der Waals surface area contributed by atoms with Gasteiger partial charge >= 0.3 is 5.69 Å². The fourth-order valence-electron chi connectivity index (χ4n) is 3.16. The summed E-state index contributed by atoms with van der Waals surface area (Å²) in [6, 6.07) is 5.26. The average molecular weight is 288 g/mol. The van der Waals surface area contributed by atoms with Gasteiger partial charge in [0, 0.05) is 5.69 Å². The standard InChI is InChI=1S/C15H20N4O2/c1-9-3-2-6-15(16,8-9)13(20)17-10-4-5-11-12(7-10)19-14(21)18-11/h4-5,7,9H,2-3,6,8,16H2,1H3,(H,17,20)(H2,18,19,21). The van der Waals surface area contributed by atoms with Crippen LogP contribution < -0.4 is 16.7 Å². The maximum absolute atomic E-state index is 12.5. The molecule has 0 radical (unpaired) electrons. The van der Waals surface area contributed by atoms with Gasteiger partial charge in [0.15, 0.2) is 0 Å². The summed E-state index contributed by atoms with van der Waals surface area (Å²) < 4.78 is 0. The number of anilines is 1. The van der Waals surface area contributed by atoms with Crippen LogP contribution in [-0.2, 0) is 4.79 Å². The van der Waals surface area contributed by atoms with Crippen molar-refractivity contribution in [3.8, 4) is 0 Å². The smallest absolute Gasteiger partial charge is 0.323 e. The van der Waals surface area contributed by atoms with E-state index in [1.807, 2.05) is 0 Å².